The molecule has 0 saturated carbocycles. The van der Waals surface area contributed by atoms with E-state index < -0.39 is 0 Å². The zero-order valence-electron chi connectivity index (χ0n) is 11.2. The van der Waals surface area contributed by atoms with Gasteiger partial charge in [-0.2, -0.15) is 0 Å². The quantitative estimate of drug-likeness (QED) is 0.785. The minimum Gasteiger partial charge on any atom is -0.384 e. The van der Waals surface area contributed by atoms with E-state index in [0.717, 1.165) is 25.5 Å². The normalized spacial score (nSPS) is 12.8. The third-order valence-corrected chi connectivity index (χ3v) is 2.68. The molecule has 1 atom stereocenters. The second-order valence-corrected chi connectivity index (χ2v) is 4.26. The van der Waals surface area contributed by atoms with Crippen molar-refractivity contribution in [3.05, 3.63) is 11.9 Å². The van der Waals surface area contributed by atoms with Crippen LogP contribution in [0.4, 0.5) is 11.6 Å². The van der Waals surface area contributed by atoms with Gasteiger partial charge in [0.25, 0.3) is 0 Å². The number of hydrogen-bond donors (Lipinski definition) is 2. The van der Waals surface area contributed by atoms with E-state index in [-0.39, 0.29) is 0 Å². The summed E-state index contributed by atoms with van der Waals surface area (Å²) >= 11 is 0. The van der Waals surface area contributed by atoms with E-state index in [1.54, 1.807) is 6.07 Å². The number of nitrogens with zero attached hydrogens (tertiary/aromatic N) is 3. The summed E-state index contributed by atoms with van der Waals surface area (Å²) in [7, 11) is 0. The van der Waals surface area contributed by atoms with Crippen LogP contribution in [0.3, 0.4) is 0 Å². The van der Waals surface area contributed by atoms with Gasteiger partial charge in [0.15, 0.2) is 0 Å². The first kappa shape index (κ1) is 13.7. The van der Waals surface area contributed by atoms with Crippen molar-refractivity contribution in [3.8, 4) is 0 Å². The van der Waals surface area contributed by atoms with Crippen molar-refractivity contribution in [2.24, 2.45) is 0 Å². The van der Waals surface area contributed by atoms with Crippen molar-refractivity contribution < 1.29 is 0 Å². The Morgan fingerprint density at radius 2 is 2.00 bits per heavy atom. The van der Waals surface area contributed by atoms with Crippen molar-refractivity contribution in [2.45, 2.75) is 33.7 Å². The van der Waals surface area contributed by atoms with Crippen molar-refractivity contribution in [1.29, 1.82) is 0 Å². The molecule has 0 aliphatic heterocycles. The molecule has 1 unspecified atom stereocenters. The van der Waals surface area contributed by atoms with E-state index in [0.29, 0.717) is 17.7 Å². The predicted octanol–water partition coefficient (Wildman–Crippen LogP) is 1.51. The fourth-order valence-electron chi connectivity index (χ4n) is 1.83. The summed E-state index contributed by atoms with van der Waals surface area (Å²) in [5.74, 6) is 2.01. The van der Waals surface area contributed by atoms with Crippen LogP contribution in [0.1, 0.15) is 26.6 Å². The van der Waals surface area contributed by atoms with Crippen LogP contribution in [0.15, 0.2) is 6.07 Å². The Balaban J connectivity index is 2.58. The summed E-state index contributed by atoms with van der Waals surface area (Å²) in [6.07, 6.45) is 0. The lowest BCUT2D eigenvalue weighted by Crippen LogP contribution is -2.35. The molecule has 0 aliphatic rings. The number of nitrogens with one attached hydrogen (secondary N) is 1. The number of aryl methyl sites for hydroxylation is 1. The Bertz CT molecular complexity index is 328. The second-order valence-electron chi connectivity index (χ2n) is 4.26. The Hall–Kier alpha value is -1.36. The molecule has 0 spiro atoms. The average Bonchev–Trinajstić information content (AvgIpc) is 2.24. The maximum atomic E-state index is 5.69. The van der Waals surface area contributed by atoms with Crippen molar-refractivity contribution in [3.63, 3.8) is 0 Å². The van der Waals surface area contributed by atoms with Gasteiger partial charge in [-0.05, 0) is 26.9 Å². The lowest BCUT2D eigenvalue weighted by molar-refractivity contribution is 0.294. The highest BCUT2D eigenvalue weighted by Gasteiger charge is 2.08. The maximum Gasteiger partial charge on any atom is 0.132 e. The Labute approximate surface area is 103 Å². The molecule has 3 N–H and O–H groups in total. The van der Waals surface area contributed by atoms with Gasteiger partial charge in [0, 0.05) is 18.7 Å². The lowest BCUT2D eigenvalue weighted by Gasteiger charge is -2.23. The molecule has 0 saturated heterocycles. The highest BCUT2D eigenvalue weighted by Crippen LogP contribution is 2.09. The Kier molecular flexibility index (Phi) is 5.15. The number of rotatable bonds is 6. The van der Waals surface area contributed by atoms with E-state index in [2.05, 4.69) is 41.0 Å². The van der Waals surface area contributed by atoms with E-state index in [4.69, 9.17) is 5.73 Å². The van der Waals surface area contributed by atoms with E-state index >= 15 is 0 Å². The standard InChI is InChI=1S/C12H23N5/c1-5-17(6-2)8-9(3)14-12-7-11(13)15-10(4)16-12/h7,9H,5-6,8H2,1-4H3,(H3,13,14,15,16). The largest absolute Gasteiger partial charge is 0.384 e. The molecule has 1 rings (SSSR count). The molecule has 0 bridgehead atoms. The highest BCUT2D eigenvalue weighted by molar-refractivity contribution is 5.45. The lowest BCUT2D eigenvalue weighted by atomic mass is 10.3. The first-order valence-electron chi connectivity index (χ1n) is 6.15. The van der Waals surface area contributed by atoms with Crippen molar-refractivity contribution in [2.75, 3.05) is 30.7 Å². The number of aromatic nitrogens is 2. The molecular formula is C12H23N5. The number of nitrogen functional groups attached to an aromatic ring is 1. The average molecular weight is 237 g/mol. The van der Waals surface area contributed by atoms with Crippen molar-refractivity contribution >= 4 is 11.6 Å². The van der Waals surface area contributed by atoms with Gasteiger partial charge in [-0.1, -0.05) is 13.8 Å². The molecule has 0 radical (unpaired) electrons. The predicted molar refractivity (Wildman–Crippen MR) is 72.1 cm³/mol. The van der Waals surface area contributed by atoms with E-state index in [1.165, 1.54) is 0 Å². The molecule has 0 amide bonds. The second kappa shape index (κ2) is 6.39. The summed E-state index contributed by atoms with van der Waals surface area (Å²) < 4.78 is 0. The molecule has 1 aromatic heterocycles. The summed E-state index contributed by atoms with van der Waals surface area (Å²) in [4.78, 5) is 10.7. The van der Waals surface area contributed by atoms with Gasteiger partial charge in [-0.15, -0.1) is 0 Å². The Morgan fingerprint density at radius 3 is 2.53 bits per heavy atom. The van der Waals surface area contributed by atoms with Gasteiger partial charge in [-0.3, -0.25) is 0 Å². The fourth-order valence-corrected chi connectivity index (χ4v) is 1.83. The molecule has 96 valence electrons. The molecule has 5 heteroatoms. The zero-order valence-corrected chi connectivity index (χ0v) is 11.2. The monoisotopic (exact) mass is 237 g/mol. The van der Waals surface area contributed by atoms with Gasteiger partial charge >= 0.3 is 0 Å². The molecule has 0 aromatic carbocycles. The van der Waals surface area contributed by atoms with Crippen molar-refractivity contribution in [1.82, 2.24) is 14.9 Å². The molecule has 1 aromatic rings. The number of anilines is 2. The fraction of sp³-hybridized carbons (Fsp3) is 0.667. The smallest absolute Gasteiger partial charge is 0.132 e. The maximum absolute atomic E-state index is 5.69. The number of likely N-dealkylation sites (N-methyl/N-ethyl adjacent to an activating group) is 1. The molecule has 1 heterocycles. The van der Waals surface area contributed by atoms with Gasteiger partial charge in [0.1, 0.15) is 17.5 Å². The van der Waals surface area contributed by atoms with Crippen LogP contribution in [-0.4, -0.2) is 40.5 Å². The molecule has 5 nitrogen and oxygen atoms in total. The van der Waals surface area contributed by atoms with E-state index in [1.807, 2.05) is 6.92 Å². The van der Waals surface area contributed by atoms with Gasteiger partial charge in [0.05, 0.1) is 0 Å². The number of hydrogen-bond acceptors (Lipinski definition) is 5. The highest BCUT2D eigenvalue weighted by atomic mass is 15.2. The molecular weight excluding hydrogens is 214 g/mol. The Morgan fingerprint density at radius 1 is 1.35 bits per heavy atom. The molecule has 17 heavy (non-hydrogen) atoms. The first-order chi connectivity index (χ1) is 8.05. The third kappa shape index (κ3) is 4.56. The number of nitrogens with two attached hydrogens (primary N) is 1. The topological polar surface area (TPSA) is 67.1 Å². The van der Waals surface area contributed by atoms with Crippen LogP contribution < -0.4 is 11.1 Å². The summed E-state index contributed by atoms with van der Waals surface area (Å²) in [5, 5.41) is 3.35. The van der Waals surface area contributed by atoms with Crippen LogP contribution in [0, 0.1) is 6.92 Å². The van der Waals surface area contributed by atoms with Gasteiger partial charge < -0.3 is 16.0 Å². The van der Waals surface area contributed by atoms with E-state index in [9.17, 15) is 0 Å². The minimum absolute atomic E-state index is 0.337. The molecule has 0 aliphatic carbocycles. The SMILES string of the molecule is CCN(CC)CC(C)Nc1cc(N)nc(C)n1. The molecule has 0 fully saturated rings. The third-order valence-electron chi connectivity index (χ3n) is 2.68. The van der Waals surface area contributed by atoms with Crippen LogP contribution in [0.5, 0.6) is 0 Å². The van der Waals surface area contributed by atoms with Crippen LogP contribution in [0.25, 0.3) is 0 Å². The van der Waals surface area contributed by atoms with Gasteiger partial charge in [0.2, 0.25) is 0 Å². The summed E-state index contributed by atoms with van der Waals surface area (Å²) in [5.41, 5.74) is 5.69. The van der Waals surface area contributed by atoms with Crippen LogP contribution in [-0.2, 0) is 0 Å². The van der Waals surface area contributed by atoms with Crippen LogP contribution >= 0.6 is 0 Å². The first-order valence-corrected chi connectivity index (χ1v) is 6.15. The van der Waals surface area contributed by atoms with Gasteiger partial charge in [-0.25, -0.2) is 9.97 Å². The summed E-state index contributed by atoms with van der Waals surface area (Å²) in [6, 6.07) is 2.11. The minimum atomic E-state index is 0.337. The summed E-state index contributed by atoms with van der Waals surface area (Å²) in [6.45, 7) is 11.4. The van der Waals surface area contributed by atoms with Crippen LogP contribution in [0.2, 0.25) is 0 Å². The zero-order chi connectivity index (χ0) is 12.8.